The molecule has 0 bridgehead atoms. The Bertz CT molecular complexity index is 1310. The number of benzene rings is 3. The van der Waals surface area contributed by atoms with Crippen LogP contribution in [0.5, 0.6) is 5.75 Å². The van der Waals surface area contributed by atoms with E-state index in [2.05, 4.69) is 4.98 Å². The zero-order valence-corrected chi connectivity index (χ0v) is 19.8. The van der Waals surface area contributed by atoms with Gasteiger partial charge in [-0.15, -0.1) is 11.8 Å². The van der Waals surface area contributed by atoms with E-state index in [1.54, 1.807) is 18.2 Å². The average Bonchev–Trinajstić information content (AvgIpc) is 2.82. The third kappa shape index (κ3) is 5.08. The molecular formula is C25H18Cl2FNO3S. The van der Waals surface area contributed by atoms with Crippen molar-refractivity contribution in [2.75, 3.05) is 7.11 Å². The Balaban J connectivity index is 1.79. The number of para-hydroxylation sites is 1. The molecule has 0 aliphatic rings. The number of pyridine rings is 1. The molecule has 0 aliphatic carbocycles. The molecule has 0 saturated heterocycles. The molecule has 1 aromatic heterocycles. The van der Waals surface area contributed by atoms with E-state index < -0.39 is 11.8 Å². The van der Waals surface area contributed by atoms with Gasteiger partial charge in [-0.25, -0.2) is 14.2 Å². The van der Waals surface area contributed by atoms with Crippen LogP contribution in [-0.2, 0) is 17.1 Å². The number of methoxy groups -OCH3 is 1. The van der Waals surface area contributed by atoms with Gasteiger partial charge in [0.15, 0.2) is 0 Å². The van der Waals surface area contributed by atoms with Crippen LogP contribution >= 0.6 is 35.0 Å². The van der Waals surface area contributed by atoms with Crippen molar-refractivity contribution in [2.24, 2.45) is 0 Å². The molecule has 0 fully saturated rings. The maximum Gasteiger partial charge on any atom is 0.344 e. The van der Waals surface area contributed by atoms with E-state index in [1.807, 2.05) is 36.4 Å². The lowest BCUT2D eigenvalue weighted by Gasteiger charge is -2.17. The summed E-state index contributed by atoms with van der Waals surface area (Å²) < 4.78 is 25.4. The molecule has 0 unspecified atom stereocenters. The molecular weight excluding hydrogens is 484 g/mol. The maximum absolute atomic E-state index is 14.3. The minimum atomic E-state index is -0.607. The molecule has 4 nitrogen and oxygen atoms in total. The number of hydrogen-bond donors (Lipinski definition) is 0. The highest BCUT2D eigenvalue weighted by Gasteiger charge is 2.24. The van der Waals surface area contributed by atoms with E-state index in [0.29, 0.717) is 26.7 Å². The van der Waals surface area contributed by atoms with Crippen LogP contribution in [0.3, 0.4) is 0 Å². The Morgan fingerprint density at radius 3 is 2.48 bits per heavy atom. The first-order chi connectivity index (χ1) is 16.0. The highest BCUT2D eigenvalue weighted by atomic mass is 35.5. The van der Waals surface area contributed by atoms with Crippen molar-refractivity contribution in [1.82, 2.24) is 4.98 Å². The molecule has 168 valence electrons. The minimum absolute atomic E-state index is 0.167. The zero-order valence-electron chi connectivity index (χ0n) is 17.5. The lowest BCUT2D eigenvalue weighted by molar-refractivity contribution is 0.0590. The van der Waals surface area contributed by atoms with Crippen molar-refractivity contribution < 1.29 is 18.7 Å². The summed E-state index contributed by atoms with van der Waals surface area (Å²) in [6, 6.07) is 19.1. The smallest absolute Gasteiger partial charge is 0.344 e. The third-order valence-corrected chi connectivity index (χ3v) is 6.69. The van der Waals surface area contributed by atoms with Gasteiger partial charge in [-0.1, -0.05) is 59.6 Å². The van der Waals surface area contributed by atoms with Crippen LogP contribution in [0.2, 0.25) is 10.0 Å². The zero-order chi connectivity index (χ0) is 23.4. The van der Waals surface area contributed by atoms with Crippen molar-refractivity contribution in [2.45, 2.75) is 17.4 Å². The number of carbonyl (C=O) groups is 1. The summed E-state index contributed by atoms with van der Waals surface area (Å²) in [5.74, 6) is -0.361. The maximum atomic E-state index is 14.3. The first kappa shape index (κ1) is 23.4. The van der Waals surface area contributed by atoms with Gasteiger partial charge in [0.1, 0.15) is 28.8 Å². The molecule has 0 aliphatic heterocycles. The Labute approximate surface area is 204 Å². The molecule has 0 N–H and O–H groups in total. The van der Waals surface area contributed by atoms with Crippen LogP contribution in [0.15, 0.2) is 71.8 Å². The van der Waals surface area contributed by atoms with Gasteiger partial charge in [0, 0.05) is 21.7 Å². The second-order valence-corrected chi connectivity index (χ2v) is 8.78. The molecule has 33 heavy (non-hydrogen) atoms. The summed E-state index contributed by atoms with van der Waals surface area (Å²) in [6.07, 6.45) is 0. The number of rotatable bonds is 7. The summed E-state index contributed by atoms with van der Waals surface area (Å²) in [5.41, 5.74) is 1.89. The monoisotopic (exact) mass is 501 g/mol. The summed E-state index contributed by atoms with van der Waals surface area (Å²) in [5, 5.41) is 1.89. The van der Waals surface area contributed by atoms with Gasteiger partial charge in [0.2, 0.25) is 0 Å². The van der Waals surface area contributed by atoms with E-state index in [0.717, 1.165) is 5.56 Å². The van der Waals surface area contributed by atoms with Crippen molar-refractivity contribution in [3.05, 3.63) is 99.3 Å². The minimum Gasteiger partial charge on any atom is -0.487 e. The Hall–Kier alpha value is -2.80. The molecule has 0 radical (unpaired) electrons. The third-order valence-electron chi connectivity index (χ3n) is 4.95. The molecule has 8 heteroatoms. The molecule has 1 heterocycles. The van der Waals surface area contributed by atoms with E-state index >= 15 is 0 Å². The average molecular weight is 502 g/mol. The van der Waals surface area contributed by atoms with Crippen molar-refractivity contribution >= 4 is 51.8 Å². The van der Waals surface area contributed by atoms with E-state index in [4.69, 9.17) is 32.7 Å². The van der Waals surface area contributed by atoms with Crippen molar-refractivity contribution in [1.29, 1.82) is 0 Å². The predicted octanol–water partition coefficient (Wildman–Crippen LogP) is 7.34. The Morgan fingerprint density at radius 2 is 1.73 bits per heavy atom. The summed E-state index contributed by atoms with van der Waals surface area (Å²) in [7, 11) is 1.29. The summed E-state index contributed by atoms with van der Waals surface area (Å²) >= 11 is 13.8. The van der Waals surface area contributed by atoms with Gasteiger partial charge < -0.3 is 9.47 Å². The number of nitrogens with zero attached hydrogens (tertiary/aromatic N) is 1. The number of carbonyl (C=O) groups excluding carboxylic acids is 1. The molecule has 0 saturated carbocycles. The predicted molar refractivity (Wildman–Crippen MR) is 130 cm³/mol. The van der Waals surface area contributed by atoms with Crippen LogP contribution < -0.4 is 4.74 Å². The van der Waals surface area contributed by atoms with Gasteiger partial charge in [-0.3, -0.25) is 0 Å². The second-order valence-electron chi connectivity index (χ2n) is 7.00. The number of hydrogen-bond acceptors (Lipinski definition) is 5. The summed E-state index contributed by atoms with van der Waals surface area (Å²) in [6.45, 7) is -0.169. The van der Waals surface area contributed by atoms with E-state index in [1.165, 1.54) is 31.0 Å². The van der Waals surface area contributed by atoms with Gasteiger partial charge in [0.05, 0.1) is 17.6 Å². The topological polar surface area (TPSA) is 48.4 Å². The van der Waals surface area contributed by atoms with E-state index in [9.17, 15) is 9.18 Å². The second kappa shape index (κ2) is 10.4. The first-order valence-electron chi connectivity index (χ1n) is 9.92. The number of esters is 1. The largest absolute Gasteiger partial charge is 0.487 e. The highest BCUT2D eigenvalue weighted by Crippen LogP contribution is 2.38. The SMILES string of the molecule is COC(=O)c1c(SCc2ccccc2Cl)nc2ccccc2c1OCc1c(F)cccc1Cl. The van der Waals surface area contributed by atoms with Crippen molar-refractivity contribution in [3.63, 3.8) is 0 Å². The Kier molecular flexibility index (Phi) is 7.38. The highest BCUT2D eigenvalue weighted by molar-refractivity contribution is 7.98. The van der Waals surface area contributed by atoms with Crippen LogP contribution in [0.25, 0.3) is 10.9 Å². The van der Waals surface area contributed by atoms with Crippen LogP contribution in [-0.4, -0.2) is 18.1 Å². The van der Waals surface area contributed by atoms with Gasteiger partial charge in [-0.2, -0.15) is 0 Å². The molecule has 4 rings (SSSR count). The molecule has 0 spiro atoms. The van der Waals surface area contributed by atoms with Crippen molar-refractivity contribution in [3.8, 4) is 5.75 Å². The molecule has 4 aromatic rings. The standard InChI is InChI=1S/C25H18Cl2FNO3S/c1-31-25(30)22-23(32-13-17-19(27)10-6-11-20(17)28)16-8-3-5-12-21(16)29-24(22)33-14-15-7-2-4-9-18(15)26/h2-12H,13-14H2,1H3. The molecule has 0 amide bonds. The number of ether oxygens (including phenoxy) is 2. The fraction of sp³-hybridized carbons (Fsp3) is 0.120. The van der Waals surface area contributed by atoms with E-state index in [-0.39, 0.29) is 28.5 Å². The lowest BCUT2D eigenvalue weighted by atomic mass is 10.1. The quantitative estimate of drug-likeness (QED) is 0.196. The van der Waals surface area contributed by atoms with Gasteiger partial charge >= 0.3 is 5.97 Å². The number of fused-ring (bicyclic) bond motifs is 1. The molecule has 0 atom stereocenters. The fourth-order valence-corrected chi connectivity index (χ4v) is 4.80. The first-order valence-corrected chi connectivity index (χ1v) is 11.7. The number of aromatic nitrogens is 1. The van der Waals surface area contributed by atoms with Gasteiger partial charge in [0.25, 0.3) is 0 Å². The van der Waals surface area contributed by atoms with Crippen LogP contribution in [0.1, 0.15) is 21.5 Å². The molecule has 3 aromatic carbocycles. The fourth-order valence-electron chi connectivity index (χ4n) is 3.27. The Morgan fingerprint density at radius 1 is 1.00 bits per heavy atom. The van der Waals surface area contributed by atoms with Crippen LogP contribution in [0.4, 0.5) is 4.39 Å². The number of halogens is 3. The summed E-state index contributed by atoms with van der Waals surface area (Å²) in [4.78, 5) is 17.5. The number of thioether (sulfide) groups is 1. The van der Waals surface area contributed by atoms with Crippen LogP contribution in [0, 0.1) is 5.82 Å². The van der Waals surface area contributed by atoms with Gasteiger partial charge in [-0.05, 0) is 35.9 Å². The lowest BCUT2D eigenvalue weighted by Crippen LogP contribution is -2.10. The normalized spacial score (nSPS) is 10.9.